The molecule has 1 N–H and O–H groups in total. The predicted octanol–water partition coefficient (Wildman–Crippen LogP) is 5.33. The Morgan fingerprint density at radius 2 is 2.03 bits per heavy atom. The zero-order valence-corrected chi connectivity index (χ0v) is 22.6. The van der Waals surface area contributed by atoms with Crippen LogP contribution < -0.4 is 4.74 Å². The smallest absolute Gasteiger partial charge is 0.233 e. The van der Waals surface area contributed by atoms with Crippen LogP contribution in [0.1, 0.15) is 58.4 Å². The summed E-state index contributed by atoms with van der Waals surface area (Å²) >= 11 is 2.11. The minimum Gasteiger partial charge on any atom is -0.504 e. The molecule has 0 bridgehead atoms. The number of carbonyl (C=O) groups is 2. The van der Waals surface area contributed by atoms with Gasteiger partial charge in [0.2, 0.25) is 11.8 Å². The minimum absolute atomic E-state index is 0.00104. The van der Waals surface area contributed by atoms with Crippen molar-refractivity contribution in [2.24, 2.45) is 17.8 Å². The maximum Gasteiger partial charge on any atom is 0.233 e. The second-order valence-electron chi connectivity index (χ2n) is 9.58. The van der Waals surface area contributed by atoms with E-state index < -0.39 is 0 Å². The average Bonchev–Trinajstić information content (AvgIpc) is 3.34. The van der Waals surface area contributed by atoms with E-state index >= 15 is 0 Å². The number of benzene rings is 1. The first kappa shape index (κ1) is 25.2. The van der Waals surface area contributed by atoms with Crippen molar-refractivity contribution in [1.82, 2.24) is 4.90 Å². The molecule has 2 aliphatic heterocycles. The molecule has 1 aliphatic carbocycles. The van der Waals surface area contributed by atoms with E-state index in [0.29, 0.717) is 25.3 Å². The molecule has 1 aromatic carbocycles. The number of phenols is 1. The summed E-state index contributed by atoms with van der Waals surface area (Å²) in [7, 11) is 1.56. The average molecular weight is 579 g/mol. The zero-order chi connectivity index (χ0) is 24.6. The van der Waals surface area contributed by atoms with Crippen molar-refractivity contribution in [1.29, 1.82) is 0 Å². The Labute approximate surface area is 215 Å². The number of rotatable bonds is 8. The topological polar surface area (TPSA) is 76.1 Å². The summed E-state index contributed by atoms with van der Waals surface area (Å²) in [6.45, 7) is 7.30. The largest absolute Gasteiger partial charge is 0.504 e. The molecule has 2 fully saturated rings. The fourth-order valence-corrected chi connectivity index (χ4v) is 6.50. The Morgan fingerprint density at radius 3 is 2.71 bits per heavy atom. The van der Waals surface area contributed by atoms with Crippen LogP contribution in [0.5, 0.6) is 11.5 Å². The molecule has 0 saturated carbocycles. The summed E-state index contributed by atoms with van der Waals surface area (Å²) in [4.78, 5) is 27.5. The first-order valence-corrected chi connectivity index (χ1v) is 13.3. The first-order chi connectivity index (χ1) is 16.3. The maximum absolute atomic E-state index is 13.1. The van der Waals surface area contributed by atoms with Gasteiger partial charge < -0.3 is 14.6 Å². The standard InChI is InChI=1S/C27H34INO5/c1-5-9-29-26(31)18-10-15(3)23-19(24(18)27(29)32)14-34-21(23)8-7-16(6-2)11-17-12-20(28)25(30)22(13-17)33-4/h11-13,18-19,21,24,30H,5-10,14H2,1-4H3/b16-11+/t18-,19+,21-,24-/m1/s1. The summed E-state index contributed by atoms with van der Waals surface area (Å²) in [5.41, 5.74) is 4.79. The number of carbonyl (C=O) groups excluding carboxylic acids is 2. The monoisotopic (exact) mass is 579 g/mol. The van der Waals surface area contributed by atoms with Gasteiger partial charge in [-0.25, -0.2) is 0 Å². The fraction of sp³-hybridized carbons (Fsp3) is 0.556. The number of likely N-dealkylation sites (tertiary alicyclic amines) is 1. The molecule has 3 aliphatic rings. The third-order valence-electron chi connectivity index (χ3n) is 7.51. The molecule has 0 unspecified atom stereocenters. The van der Waals surface area contributed by atoms with E-state index in [2.05, 4.69) is 42.5 Å². The Hall–Kier alpha value is -1.87. The van der Waals surface area contributed by atoms with Gasteiger partial charge in [-0.05, 0) is 84.9 Å². The molecule has 34 heavy (non-hydrogen) atoms. The Balaban J connectivity index is 1.50. The molecule has 2 heterocycles. The molecule has 2 saturated heterocycles. The van der Waals surface area contributed by atoms with E-state index in [9.17, 15) is 14.7 Å². The molecule has 0 aromatic heterocycles. The molecule has 4 rings (SSSR count). The normalized spacial score (nSPS) is 26.9. The highest BCUT2D eigenvalue weighted by Gasteiger charge is 2.56. The summed E-state index contributed by atoms with van der Waals surface area (Å²) in [6, 6.07) is 3.81. The summed E-state index contributed by atoms with van der Waals surface area (Å²) in [5.74, 6) is 0.206. The molecule has 2 amide bonds. The van der Waals surface area contributed by atoms with Gasteiger partial charge in [-0.1, -0.05) is 31.1 Å². The molecule has 7 heteroatoms. The van der Waals surface area contributed by atoms with Crippen LogP contribution in [0, 0.1) is 21.3 Å². The lowest BCUT2D eigenvalue weighted by Crippen LogP contribution is -2.34. The number of allylic oxidation sites excluding steroid dienone is 2. The Kier molecular flexibility index (Phi) is 7.72. The van der Waals surface area contributed by atoms with Gasteiger partial charge in [0, 0.05) is 12.5 Å². The summed E-state index contributed by atoms with van der Waals surface area (Å²) in [5, 5.41) is 10.1. The molecule has 184 valence electrons. The highest BCUT2D eigenvalue weighted by Crippen LogP contribution is 2.49. The molecule has 0 radical (unpaired) electrons. The van der Waals surface area contributed by atoms with Gasteiger partial charge in [-0.15, -0.1) is 0 Å². The molecule has 1 aromatic rings. The lowest BCUT2D eigenvalue weighted by atomic mass is 9.70. The van der Waals surface area contributed by atoms with E-state index in [-0.39, 0.29) is 41.4 Å². The second kappa shape index (κ2) is 10.4. The third-order valence-corrected chi connectivity index (χ3v) is 8.34. The van der Waals surface area contributed by atoms with Crippen LogP contribution >= 0.6 is 22.6 Å². The van der Waals surface area contributed by atoms with Crippen molar-refractivity contribution in [2.75, 3.05) is 20.3 Å². The van der Waals surface area contributed by atoms with Crippen molar-refractivity contribution in [3.05, 3.63) is 38.0 Å². The van der Waals surface area contributed by atoms with Gasteiger partial charge in [0.25, 0.3) is 0 Å². The number of nitrogens with zero attached hydrogens (tertiary/aromatic N) is 1. The van der Waals surface area contributed by atoms with Crippen LogP contribution in [0.25, 0.3) is 6.08 Å². The number of amides is 2. The maximum atomic E-state index is 13.1. The number of ether oxygens (including phenoxy) is 2. The van der Waals surface area contributed by atoms with Gasteiger partial charge in [-0.3, -0.25) is 14.5 Å². The number of hydrogen-bond acceptors (Lipinski definition) is 5. The van der Waals surface area contributed by atoms with E-state index in [4.69, 9.17) is 9.47 Å². The van der Waals surface area contributed by atoms with Gasteiger partial charge >= 0.3 is 0 Å². The highest BCUT2D eigenvalue weighted by atomic mass is 127. The van der Waals surface area contributed by atoms with E-state index in [0.717, 1.165) is 34.8 Å². The van der Waals surface area contributed by atoms with Crippen LogP contribution in [0.2, 0.25) is 0 Å². The predicted molar refractivity (Wildman–Crippen MR) is 139 cm³/mol. The molecular formula is C27H34INO5. The van der Waals surface area contributed by atoms with E-state index in [1.807, 2.05) is 19.1 Å². The molecule has 6 nitrogen and oxygen atoms in total. The van der Waals surface area contributed by atoms with Crippen LogP contribution in [0.4, 0.5) is 0 Å². The number of aromatic hydroxyl groups is 1. The van der Waals surface area contributed by atoms with Gasteiger partial charge in [0.15, 0.2) is 11.5 Å². The molecule has 4 atom stereocenters. The van der Waals surface area contributed by atoms with Crippen molar-refractivity contribution in [2.45, 2.75) is 59.0 Å². The van der Waals surface area contributed by atoms with Crippen LogP contribution in [-0.2, 0) is 14.3 Å². The first-order valence-electron chi connectivity index (χ1n) is 12.2. The lowest BCUT2D eigenvalue weighted by Gasteiger charge is -2.30. The van der Waals surface area contributed by atoms with Crippen LogP contribution in [0.3, 0.4) is 0 Å². The van der Waals surface area contributed by atoms with Crippen molar-refractivity contribution in [3.63, 3.8) is 0 Å². The van der Waals surface area contributed by atoms with Crippen molar-refractivity contribution in [3.8, 4) is 11.5 Å². The van der Waals surface area contributed by atoms with E-state index in [1.165, 1.54) is 21.6 Å². The number of hydrogen-bond donors (Lipinski definition) is 1. The SMILES string of the molecule is CCCN1C(=O)[C@@H]2[C@@H](CC(C)=C3[C@@H](CC/C(=C/c4cc(I)c(O)c(OC)c4)CC)OC[C@@H]32)C1=O. The van der Waals surface area contributed by atoms with Crippen LogP contribution in [0.15, 0.2) is 28.9 Å². The number of fused-ring (bicyclic) bond motifs is 3. The van der Waals surface area contributed by atoms with Crippen LogP contribution in [-0.4, -0.2) is 48.2 Å². The zero-order valence-electron chi connectivity index (χ0n) is 20.4. The van der Waals surface area contributed by atoms with Crippen molar-refractivity contribution < 1.29 is 24.2 Å². The minimum atomic E-state index is -0.254. The number of methoxy groups -OCH3 is 1. The quantitative estimate of drug-likeness (QED) is 0.256. The molecule has 0 spiro atoms. The Morgan fingerprint density at radius 1 is 1.26 bits per heavy atom. The fourth-order valence-electron chi connectivity index (χ4n) is 5.87. The van der Waals surface area contributed by atoms with Gasteiger partial charge in [0.1, 0.15) is 0 Å². The highest BCUT2D eigenvalue weighted by molar-refractivity contribution is 14.1. The van der Waals surface area contributed by atoms with E-state index in [1.54, 1.807) is 7.11 Å². The summed E-state index contributed by atoms with van der Waals surface area (Å²) < 4.78 is 12.3. The molecular weight excluding hydrogens is 545 g/mol. The third kappa shape index (κ3) is 4.53. The van der Waals surface area contributed by atoms with Gasteiger partial charge in [-0.2, -0.15) is 0 Å². The number of phenolic OH excluding ortho intramolecular Hbond substituents is 1. The van der Waals surface area contributed by atoms with Crippen molar-refractivity contribution >= 4 is 40.5 Å². The number of halogens is 1. The number of imide groups is 1. The second-order valence-corrected chi connectivity index (χ2v) is 10.7. The lowest BCUT2D eigenvalue weighted by molar-refractivity contribution is -0.140. The Bertz CT molecular complexity index is 1050. The summed E-state index contributed by atoms with van der Waals surface area (Å²) in [6.07, 6.45) is 6.27. The van der Waals surface area contributed by atoms with Gasteiger partial charge in [0.05, 0.1) is 35.2 Å².